The molecule has 2 heterocycles. The maximum absolute atomic E-state index is 13.8. The Morgan fingerprint density at radius 2 is 2.33 bits per heavy atom. The summed E-state index contributed by atoms with van der Waals surface area (Å²) < 4.78 is 20.3. The van der Waals surface area contributed by atoms with Crippen LogP contribution >= 0.6 is 15.9 Å². The lowest BCUT2D eigenvalue weighted by atomic mass is 9.87. The van der Waals surface area contributed by atoms with E-state index in [0.29, 0.717) is 23.9 Å². The number of rotatable bonds is 4. The van der Waals surface area contributed by atoms with E-state index in [-0.39, 0.29) is 5.82 Å². The third kappa shape index (κ3) is 4.09. The molecule has 1 unspecified atom stereocenters. The maximum Gasteiger partial charge on any atom is 0.193 e. The third-order valence-corrected chi connectivity index (χ3v) is 5.40. The van der Waals surface area contributed by atoms with Crippen LogP contribution in [0.4, 0.5) is 4.39 Å². The minimum absolute atomic E-state index is 0.165. The molecule has 3 rings (SSSR count). The SMILES string of the molecule is CCNC(=NCCc1cc(Br)ccc1F)N1CCC2(CCOC2)C1. The van der Waals surface area contributed by atoms with E-state index in [1.807, 2.05) is 6.07 Å². The van der Waals surface area contributed by atoms with Gasteiger partial charge in [0.15, 0.2) is 5.96 Å². The monoisotopic (exact) mass is 397 g/mol. The molecule has 0 aromatic heterocycles. The van der Waals surface area contributed by atoms with Crippen molar-refractivity contribution in [3.05, 3.63) is 34.1 Å². The predicted octanol–water partition coefficient (Wildman–Crippen LogP) is 3.21. The third-order valence-electron chi connectivity index (χ3n) is 4.91. The second-order valence-electron chi connectivity index (χ2n) is 6.70. The first-order valence-electron chi connectivity index (χ1n) is 8.67. The van der Waals surface area contributed by atoms with E-state index in [1.165, 1.54) is 6.07 Å². The van der Waals surface area contributed by atoms with Crippen molar-refractivity contribution in [3.8, 4) is 0 Å². The average molecular weight is 398 g/mol. The van der Waals surface area contributed by atoms with Crippen molar-refractivity contribution in [1.29, 1.82) is 0 Å². The second kappa shape index (κ2) is 7.83. The molecule has 0 saturated carbocycles. The Balaban J connectivity index is 1.62. The summed E-state index contributed by atoms with van der Waals surface area (Å²) in [5, 5.41) is 3.38. The fourth-order valence-corrected chi connectivity index (χ4v) is 3.94. The predicted molar refractivity (Wildman–Crippen MR) is 97.8 cm³/mol. The Kier molecular flexibility index (Phi) is 5.76. The standard InChI is InChI=1S/C18H25BrFN3O/c1-2-21-17(23-9-6-18(12-23)7-10-24-13-18)22-8-5-14-11-15(19)3-4-16(14)20/h3-4,11H,2,5-10,12-13H2,1H3,(H,21,22). The molecule has 1 spiro atoms. The van der Waals surface area contributed by atoms with Gasteiger partial charge >= 0.3 is 0 Å². The van der Waals surface area contributed by atoms with E-state index in [1.54, 1.807) is 6.07 Å². The van der Waals surface area contributed by atoms with Gasteiger partial charge in [0.1, 0.15) is 5.82 Å². The number of guanidine groups is 1. The van der Waals surface area contributed by atoms with Gasteiger partial charge in [0.05, 0.1) is 6.61 Å². The zero-order chi connectivity index (χ0) is 17.0. The van der Waals surface area contributed by atoms with Crippen LogP contribution in [0.15, 0.2) is 27.7 Å². The van der Waals surface area contributed by atoms with Crippen molar-refractivity contribution in [3.63, 3.8) is 0 Å². The highest BCUT2D eigenvalue weighted by atomic mass is 79.9. The first-order chi connectivity index (χ1) is 11.6. The van der Waals surface area contributed by atoms with Gasteiger partial charge in [0.25, 0.3) is 0 Å². The average Bonchev–Trinajstić information content (AvgIpc) is 3.20. The Morgan fingerprint density at radius 3 is 3.08 bits per heavy atom. The van der Waals surface area contributed by atoms with E-state index >= 15 is 0 Å². The molecule has 1 atom stereocenters. The molecule has 1 N–H and O–H groups in total. The maximum atomic E-state index is 13.8. The lowest BCUT2D eigenvalue weighted by Gasteiger charge is -2.25. The quantitative estimate of drug-likeness (QED) is 0.625. The highest BCUT2D eigenvalue weighted by Gasteiger charge is 2.42. The first-order valence-corrected chi connectivity index (χ1v) is 9.46. The molecule has 4 nitrogen and oxygen atoms in total. The van der Waals surface area contributed by atoms with Crippen LogP contribution in [0.5, 0.6) is 0 Å². The van der Waals surface area contributed by atoms with Gasteiger partial charge in [-0.25, -0.2) is 4.39 Å². The minimum atomic E-state index is -0.165. The van der Waals surface area contributed by atoms with Crippen molar-refractivity contribution in [2.45, 2.75) is 26.2 Å². The fourth-order valence-electron chi connectivity index (χ4n) is 3.53. The Morgan fingerprint density at radius 1 is 1.46 bits per heavy atom. The second-order valence-corrected chi connectivity index (χ2v) is 7.61. The topological polar surface area (TPSA) is 36.9 Å². The lowest BCUT2D eigenvalue weighted by molar-refractivity contribution is 0.156. The molecule has 0 bridgehead atoms. The fraction of sp³-hybridized carbons (Fsp3) is 0.611. The molecule has 0 aliphatic carbocycles. The first kappa shape index (κ1) is 17.7. The Bertz CT molecular complexity index is 602. The van der Waals surface area contributed by atoms with Gasteiger partial charge in [0.2, 0.25) is 0 Å². The molecule has 2 saturated heterocycles. The van der Waals surface area contributed by atoms with Crippen LogP contribution < -0.4 is 5.32 Å². The summed E-state index contributed by atoms with van der Waals surface area (Å²) in [5.41, 5.74) is 1.01. The molecule has 24 heavy (non-hydrogen) atoms. The molecule has 1 aromatic carbocycles. The van der Waals surface area contributed by atoms with Crippen LogP contribution in [0.1, 0.15) is 25.3 Å². The van der Waals surface area contributed by atoms with E-state index < -0.39 is 0 Å². The summed E-state index contributed by atoms with van der Waals surface area (Å²) in [6, 6.07) is 5.05. The van der Waals surface area contributed by atoms with Gasteiger partial charge in [-0.1, -0.05) is 15.9 Å². The van der Waals surface area contributed by atoms with Gasteiger partial charge < -0.3 is 15.0 Å². The minimum Gasteiger partial charge on any atom is -0.381 e. The highest BCUT2D eigenvalue weighted by Crippen LogP contribution is 2.38. The molecule has 2 aliphatic heterocycles. The number of nitrogens with one attached hydrogen (secondary N) is 1. The van der Waals surface area contributed by atoms with Gasteiger partial charge in [-0.3, -0.25) is 4.99 Å². The van der Waals surface area contributed by atoms with Crippen molar-refractivity contribution >= 4 is 21.9 Å². The van der Waals surface area contributed by atoms with Gasteiger partial charge in [-0.15, -0.1) is 0 Å². The molecule has 2 fully saturated rings. The summed E-state index contributed by atoms with van der Waals surface area (Å²) in [6.07, 6.45) is 2.91. The van der Waals surface area contributed by atoms with Crippen LogP contribution in [0.3, 0.4) is 0 Å². The van der Waals surface area contributed by atoms with Gasteiger partial charge in [0, 0.05) is 42.7 Å². The van der Waals surface area contributed by atoms with Crippen LogP contribution in [0.2, 0.25) is 0 Å². The molecule has 1 aromatic rings. The van der Waals surface area contributed by atoms with E-state index in [2.05, 4.69) is 33.1 Å². The van der Waals surface area contributed by atoms with Crippen LogP contribution in [0.25, 0.3) is 0 Å². The van der Waals surface area contributed by atoms with Crippen molar-refractivity contribution in [2.24, 2.45) is 10.4 Å². The number of benzene rings is 1. The Hall–Kier alpha value is -1.14. The summed E-state index contributed by atoms with van der Waals surface area (Å²) >= 11 is 3.40. The molecule has 132 valence electrons. The largest absolute Gasteiger partial charge is 0.381 e. The molecular formula is C18H25BrFN3O. The van der Waals surface area contributed by atoms with Crippen molar-refractivity contribution in [2.75, 3.05) is 39.4 Å². The summed E-state index contributed by atoms with van der Waals surface area (Å²) in [6.45, 7) is 7.26. The lowest BCUT2D eigenvalue weighted by Crippen LogP contribution is -2.41. The molecule has 0 amide bonds. The Labute approximate surface area is 151 Å². The number of nitrogens with zero attached hydrogens (tertiary/aromatic N) is 2. The molecular weight excluding hydrogens is 373 g/mol. The van der Waals surface area contributed by atoms with Gasteiger partial charge in [-0.2, -0.15) is 0 Å². The number of hydrogen-bond donors (Lipinski definition) is 1. The van der Waals surface area contributed by atoms with Crippen molar-refractivity contribution < 1.29 is 9.13 Å². The number of hydrogen-bond acceptors (Lipinski definition) is 2. The van der Waals surface area contributed by atoms with E-state index in [4.69, 9.17) is 9.73 Å². The van der Waals surface area contributed by atoms with Crippen LogP contribution in [-0.4, -0.2) is 50.3 Å². The smallest absolute Gasteiger partial charge is 0.193 e. The number of halogens is 2. The number of likely N-dealkylation sites (tertiary alicyclic amines) is 1. The van der Waals surface area contributed by atoms with Crippen LogP contribution in [0, 0.1) is 11.2 Å². The molecule has 6 heteroatoms. The number of ether oxygens (including phenoxy) is 1. The molecule has 0 radical (unpaired) electrons. The summed E-state index contributed by atoms with van der Waals surface area (Å²) in [7, 11) is 0. The normalized spacial score (nSPS) is 24.1. The van der Waals surface area contributed by atoms with Crippen molar-refractivity contribution in [1.82, 2.24) is 10.2 Å². The van der Waals surface area contributed by atoms with Gasteiger partial charge in [-0.05, 0) is 49.9 Å². The zero-order valence-corrected chi connectivity index (χ0v) is 15.7. The van der Waals surface area contributed by atoms with E-state index in [9.17, 15) is 4.39 Å². The van der Waals surface area contributed by atoms with Crippen LogP contribution in [-0.2, 0) is 11.2 Å². The number of aliphatic imine (C=N–C) groups is 1. The summed E-state index contributed by atoms with van der Waals surface area (Å²) in [5.74, 6) is 0.776. The highest BCUT2D eigenvalue weighted by molar-refractivity contribution is 9.10. The molecule has 2 aliphatic rings. The zero-order valence-electron chi connectivity index (χ0n) is 14.2. The van der Waals surface area contributed by atoms with E-state index in [0.717, 1.165) is 56.1 Å². The summed E-state index contributed by atoms with van der Waals surface area (Å²) in [4.78, 5) is 7.05.